The third-order valence-corrected chi connectivity index (χ3v) is 1.69. The summed E-state index contributed by atoms with van der Waals surface area (Å²) in [4.78, 5) is 0. The molecule has 1 unspecified atom stereocenters. The second kappa shape index (κ2) is 4.40. The van der Waals surface area contributed by atoms with Crippen LogP contribution in [0.5, 0.6) is 0 Å². The van der Waals surface area contributed by atoms with Crippen LogP contribution in [0.15, 0.2) is 18.2 Å². The molecule has 0 aliphatic heterocycles. The summed E-state index contributed by atoms with van der Waals surface area (Å²) in [5.41, 5.74) is -0.357. The first kappa shape index (κ1) is 10.2. The van der Waals surface area contributed by atoms with Crippen LogP contribution in [-0.4, -0.2) is 8.76 Å². The maximum Gasteiger partial charge on any atom is 0.302 e. The van der Waals surface area contributed by atoms with E-state index in [2.05, 4.69) is 4.18 Å². The molecular formula is C7H6F2O3S. The van der Waals surface area contributed by atoms with Crippen molar-refractivity contribution in [1.29, 1.82) is 0 Å². The Labute approximate surface area is 75.8 Å². The van der Waals surface area contributed by atoms with Gasteiger partial charge in [0.1, 0.15) is 11.6 Å². The zero-order valence-electron chi connectivity index (χ0n) is 6.37. The maximum atomic E-state index is 12.8. The van der Waals surface area contributed by atoms with E-state index >= 15 is 0 Å². The van der Waals surface area contributed by atoms with Crippen molar-refractivity contribution in [2.24, 2.45) is 0 Å². The molecule has 0 aromatic heterocycles. The molecule has 1 N–H and O–H groups in total. The first-order chi connectivity index (χ1) is 6.11. The second-order valence-corrected chi connectivity index (χ2v) is 2.85. The van der Waals surface area contributed by atoms with Gasteiger partial charge in [-0.2, -0.15) is 4.21 Å². The van der Waals surface area contributed by atoms with Gasteiger partial charge in [0.15, 0.2) is 0 Å². The molecule has 0 bridgehead atoms. The Hall–Kier alpha value is -0.850. The molecule has 1 atom stereocenters. The monoisotopic (exact) mass is 208 g/mol. The molecule has 0 fully saturated rings. The van der Waals surface area contributed by atoms with Gasteiger partial charge in [-0.3, -0.25) is 8.74 Å². The van der Waals surface area contributed by atoms with Crippen molar-refractivity contribution in [2.45, 2.75) is 6.61 Å². The summed E-state index contributed by atoms with van der Waals surface area (Å²) < 4.78 is 48.0. The van der Waals surface area contributed by atoms with Crippen LogP contribution in [0.25, 0.3) is 0 Å². The second-order valence-electron chi connectivity index (χ2n) is 2.18. The van der Waals surface area contributed by atoms with Crippen molar-refractivity contribution in [2.75, 3.05) is 0 Å². The van der Waals surface area contributed by atoms with E-state index < -0.39 is 29.6 Å². The van der Waals surface area contributed by atoms with Crippen LogP contribution in [0.3, 0.4) is 0 Å². The van der Waals surface area contributed by atoms with Crippen LogP contribution in [0.2, 0.25) is 0 Å². The van der Waals surface area contributed by atoms with Crippen LogP contribution < -0.4 is 0 Å². The number of rotatable bonds is 3. The lowest BCUT2D eigenvalue weighted by molar-refractivity contribution is 0.286. The lowest BCUT2D eigenvalue weighted by Gasteiger charge is -2.02. The Morgan fingerprint density at radius 3 is 2.38 bits per heavy atom. The molecule has 0 heterocycles. The Bertz CT molecular complexity index is 309. The highest BCUT2D eigenvalue weighted by atomic mass is 32.2. The number of hydrogen-bond donors (Lipinski definition) is 1. The van der Waals surface area contributed by atoms with Crippen LogP contribution in [0.4, 0.5) is 8.78 Å². The Kier molecular flexibility index (Phi) is 3.47. The van der Waals surface area contributed by atoms with Crippen LogP contribution >= 0.6 is 0 Å². The highest BCUT2D eigenvalue weighted by molar-refractivity contribution is 7.74. The van der Waals surface area contributed by atoms with Gasteiger partial charge in [0.25, 0.3) is 0 Å². The first-order valence-corrected chi connectivity index (χ1v) is 4.31. The molecule has 72 valence electrons. The number of hydrogen-bond acceptors (Lipinski definition) is 2. The fourth-order valence-electron chi connectivity index (χ4n) is 0.780. The van der Waals surface area contributed by atoms with Crippen molar-refractivity contribution in [3.63, 3.8) is 0 Å². The summed E-state index contributed by atoms with van der Waals surface area (Å²) in [6.07, 6.45) is 0. The molecule has 6 heteroatoms. The summed E-state index contributed by atoms with van der Waals surface area (Å²) >= 11 is -2.52. The Morgan fingerprint density at radius 1 is 1.38 bits per heavy atom. The van der Waals surface area contributed by atoms with E-state index in [0.29, 0.717) is 0 Å². The van der Waals surface area contributed by atoms with Crippen molar-refractivity contribution >= 4 is 11.4 Å². The summed E-state index contributed by atoms with van der Waals surface area (Å²) in [5, 5.41) is 0. The molecule has 0 radical (unpaired) electrons. The van der Waals surface area contributed by atoms with E-state index in [-0.39, 0.29) is 5.56 Å². The molecule has 0 spiro atoms. The van der Waals surface area contributed by atoms with Crippen molar-refractivity contribution < 1.29 is 21.7 Å². The van der Waals surface area contributed by atoms with E-state index in [4.69, 9.17) is 4.55 Å². The van der Waals surface area contributed by atoms with Gasteiger partial charge in [0, 0.05) is 0 Å². The molecule has 0 aliphatic rings. The fraction of sp³-hybridized carbons (Fsp3) is 0.143. The lowest BCUT2D eigenvalue weighted by Crippen LogP contribution is -2.01. The van der Waals surface area contributed by atoms with Crippen LogP contribution in [-0.2, 0) is 22.2 Å². The van der Waals surface area contributed by atoms with Gasteiger partial charge >= 0.3 is 11.4 Å². The molecule has 0 aliphatic carbocycles. The summed E-state index contributed by atoms with van der Waals surface area (Å²) in [7, 11) is 0. The van der Waals surface area contributed by atoms with E-state index in [1.54, 1.807) is 0 Å². The first-order valence-electron chi connectivity index (χ1n) is 3.28. The van der Waals surface area contributed by atoms with E-state index in [1.807, 2.05) is 0 Å². The van der Waals surface area contributed by atoms with Gasteiger partial charge in [0.2, 0.25) is 0 Å². The van der Waals surface area contributed by atoms with Gasteiger partial charge in [-0.1, -0.05) is 6.07 Å². The molecular weight excluding hydrogens is 202 g/mol. The van der Waals surface area contributed by atoms with Gasteiger partial charge in [-0.05, 0) is 12.1 Å². The third kappa shape index (κ3) is 2.83. The normalized spacial score (nSPS) is 12.8. The summed E-state index contributed by atoms with van der Waals surface area (Å²) in [6, 6.07) is 3.29. The SMILES string of the molecule is O=S(O)OCc1c(F)cccc1F. The smallest absolute Gasteiger partial charge is 0.284 e. The fourth-order valence-corrected chi connectivity index (χ4v) is 0.998. The minimum absolute atomic E-state index is 0.357. The largest absolute Gasteiger partial charge is 0.302 e. The lowest BCUT2D eigenvalue weighted by atomic mass is 10.2. The number of halogens is 2. The van der Waals surface area contributed by atoms with E-state index in [1.165, 1.54) is 6.07 Å². The molecule has 1 rings (SSSR count). The molecule has 0 saturated heterocycles. The standard InChI is InChI=1S/C7H6F2O3S/c8-6-2-1-3-7(9)5(6)4-12-13(10)11/h1-3H,4H2,(H,10,11). The maximum absolute atomic E-state index is 12.8. The molecule has 0 amide bonds. The Morgan fingerprint density at radius 2 is 1.92 bits per heavy atom. The quantitative estimate of drug-likeness (QED) is 0.768. The molecule has 1 aromatic carbocycles. The molecule has 13 heavy (non-hydrogen) atoms. The summed E-state index contributed by atoms with van der Waals surface area (Å²) in [5.74, 6) is -1.60. The minimum atomic E-state index is -2.52. The van der Waals surface area contributed by atoms with Crippen LogP contribution in [0.1, 0.15) is 5.56 Å². The van der Waals surface area contributed by atoms with Gasteiger partial charge in [0.05, 0.1) is 12.2 Å². The van der Waals surface area contributed by atoms with Crippen LogP contribution in [0, 0.1) is 11.6 Å². The average molecular weight is 208 g/mol. The molecule has 1 aromatic rings. The van der Waals surface area contributed by atoms with Gasteiger partial charge < -0.3 is 0 Å². The van der Waals surface area contributed by atoms with Crippen molar-refractivity contribution in [3.05, 3.63) is 35.4 Å². The summed E-state index contributed by atoms with van der Waals surface area (Å²) in [6.45, 7) is -0.568. The van der Waals surface area contributed by atoms with Gasteiger partial charge in [-0.15, -0.1) is 0 Å². The molecule has 3 nitrogen and oxygen atoms in total. The minimum Gasteiger partial charge on any atom is -0.284 e. The Balaban J connectivity index is 2.81. The predicted octanol–water partition coefficient (Wildman–Crippen LogP) is 1.62. The highest BCUT2D eigenvalue weighted by Gasteiger charge is 2.09. The van der Waals surface area contributed by atoms with E-state index in [0.717, 1.165) is 12.1 Å². The number of benzene rings is 1. The highest BCUT2D eigenvalue weighted by Crippen LogP contribution is 2.13. The zero-order valence-corrected chi connectivity index (χ0v) is 7.18. The topological polar surface area (TPSA) is 46.5 Å². The zero-order chi connectivity index (χ0) is 9.84. The average Bonchev–Trinajstić information content (AvgIpc) is 2.03. The van der Waals surface area contributed by atoms with E-state index in [9.17, 15) is 13.0 Å². The third-order valence-electron chi connectivity index (χ3n) is 1.37. The predicted molar refractivity (Wildman–Crippen MR) is 41.9 cm³/mol. The molecule has 0 saturated carbocycles. The van der Waals surface area contributed by atoms with Crippen molar-refractivity contribution in [1.82, 2.24) is 0 Å². The van der Waals surface area contributed by atoms with Gasteiger partial charge in [-0.25, -0.2) is 8.78 Å². The van der Waals surface area contributed by atoms with Crippen molar-refractivity contribution in [3.8, 4) is 0 Å².